The minimum absolute atomic E-state index is 0.747. The maximum Gasteiger partial charge on any atom is 0.217 e. The Balaban J connectivity index is 2.68. The molecular formula is C9H6ClN3S. The number of hydrogen-bond acceptors (Lipinski definition) is 3. The third-order valence-corrected chi connectivity index (χ3v) is 3.47. The molecule has 3 aromatic rings. The molecule has 14 heavy (non-hydrogen) atoms. The zero-order valence-electron chi connectivity index (χ0n) is 7.36. The second-order valence-electron chi connectivity index (χ2n) is 3.05. The molecule has 0 atom stereocenters. The average molecular weight is 224 g/mol. The molecule has 0 fully saturated rings. The van der Waals surface area contributed by atoms with E-state index in [0.29, 0.717) is 0 Å². The van der Waals surface area contributed by atoms with E-state index in [-0.39, 0.29) is 0 Å². The highest BCUT2D eigenvalue weighted by Gasteiger charge is 2.11. The van der Waals surface area contributed by atoms with Crippen LogP contribution in [-0.4, -0.2) is 14.6 Å². The zero-order valence-corrected chi connectivity index (χ0v) is 8.93. The van der Waals surface area contributed by atoms with Gasteiger partial charge in [0.1, 0.15) is 5.82 Å². The highest BCUT2D eigenvalue weighted by Crippen LogP contribution is 2.31. The van der Waals surface area contributed by atoms with E-state index < -0.39 is 0 Å². The van der Waals surface area contributed by atoms with E-state index in [1.807, 2.05) is 29.5 Å². The SMILES string of the molecule is Cc1nnc2sc3cccc(Cl)c3n12. The fourth-order valence-corrected chi connectivity index (χ4v) is 2.91. The molecule has 0 unspecified atom stereocenters. The van der Waals surface area contributed by atoms with Crippen LogP contribution in [0.15, 0.2) is 18.2 Å². The van der Waals surface area contributed by atoms with Crippen molar-refractivity contribution in [1.82, 2.24) is 14.6 Å². The van der Waals surface area contributed by atoms with Gasteiger partial charge in [0.05, 0.1) is 15.2 Å². The van der Waals surface area contributed by atoms with Crippen LogP contribution in [0.4, 0.5) is 0 Å². The van der Waals surface area contributed by atoms with Gasteiger partial charge in [-0.1, -0.05) is 29.0 Å². The van der Waals surface area contributed by atoms with Gasteiger partial charge in [-0.25, -0.2) is 0 Å². The van der Waals surface area contributed by atoms with Gasteiger partial charge in [0.2, 0.25) is 4.96 Å². The van der Waals surface area contributed by atoms with Crippen molar-refractivity contribution in [2.75, 3.05) is 0 Å². The van der Waals surface area contributed by atoms with Crippen molar-refractivity contribution < 1.29 is 0 Å². The minimum Gasteiger partial charge on any atom is -0.268 e. The summed E-state index contributed by atoms with van der Waals surface area (Å²) in [5.41, 5.74) is 1.01. The predicted molar refractivity (Wildman–Crippen MR) is 58.1 cm³/mol. The summed E-state index contributed by atoms with van der Waals surface area (Å²) in [5.74, 6) is 0.874. The van der Waals surface area contributed by atoms with Crippen LogP contribution in [0.5, 0.6) is 0 Å². The number of rotatable bonds is 0. The molecule has 0 saturated carbocycles. The standard InChI is InChI=1S/C9H6ClN3S/c1-5-11-12-9-13(5)8-6(10)3-2-4-7(8)14-9/h2-4H,1H3. The topological polar surface area (TPSA) is 30.2 Å². The van der Waals surface area contributed by atoms with Gasteiger partial charge >= 0.3 is 0 Å². The molecule has 0 amide bonds. The van der Waals surface area contributed by atoms with Gasteiger partial charge in [-0.05, 0) is 19.1 Å². The van der Waals surface area contributed by atoms with Crippen LogP contribution in [0.3, 0.4) is 0 Å². The van der Waals surface area contributed by atoms with Crippen LogP contribution in [0, 0.1) is 6.92 Å². The Morgan fingerprint density at radius 1 is 1.36 bits per heavy atom. The number of aromatic nitrogens is 3. The summed E-state index contributed by atoms with van der Waals surface area (Å²) in [7, 11) is 0. The van der Waals surface area contributed by atoms with E-state index in [2.05, 4.69) is 10.2 Å². The van der Waals surface area contributed by atoms with Crippen molar-refractivity contribution in [3.8, 4) is 0 Å². The molecule has 2 heterocycles. The summed E-state index contributed by atoms with van der Waals surface area (Å²) in [6.07, 6.45) is 0. The van der Waals surface area contributed by atoms with Crippen LogP contribution in [0.25, 0.3) is 15.2 Å². The van der Waals surface area contributed by atoms with Crippen LogP contribution in [0.2, 0.25) is 5.02 Å². The number of hydrogen-bond donors (Lipinski definition) is 0. The van der Waals surface area contributed by atoms with Gasteiger partial charge in [0.25, 0.3) is 0 Å². The van der Waals surface area contributed by atoms with Crippen LogP contribution < -0.4 is 0 Å². The lowest BCUT2D eigenvalue weighted by molar-refractivity contribution is 1.02. The van der Waals surface area contributed by atoms with Crippen molar-refractivity contribution >= 4 is 38.1 Å². The van der Waals surface area contributed by atoms with E-state index in [1.54, 1.807) is 11.3 Å². The highest BCUT2D eigenvalue weighted by molar-refractivity contribution is 7.23. The maximum absolute atomic E-state index is 6.14. The van der Waals surface area contributed by atoms with Crippen molar-refractivity contribution in [3.63, 3.8) is 0 Å². The monoisotopic (exact) mass is 223 g/mol. The first-order chi connectivity index (χ1) is 6.77. The summed E-state index contributed by atoms with van der Waals surface area (Å²) in [6.45, 7) is 1.93. The molecule has 0 bridgehead atoms. The molecule has 0 spiro atoms. The van der Waals surface area contributed by atoms with Gasteiger partial charge in [-0.3, -0.25) is 4.40 Å². The Morgan fingerprint density at radius 3 is 3.07 bits per heavy atom. The number of fused-ring (bicyclic) bond motifs is 3. The van der Waals surface area contributed by atoms with Crippen LogP contribution >= 0.6 is 22.9 Å². The fraction of sp³-hybridized carbons (Fsp3) is 0.111. The Morgan fingerprint density at radius 2 is 2.21 bits per heavy atom. The van der Waals surface area contributed by atoms with Crippen molar-refractivity contribution in [2.45, 2.75) is 6.92 Å². The van der Waals surface area contributed by atoms with E-state index in [1.165, 1.54) is 0 Å². The number of benzene rings is 1. The summed E-state index contributed by atoms with van der Waals surface area (Å²) in [6, 6.07) is 5.87. The van der Waals surface area contributed by atoms with Crippen molar-refractivity contribution in [3.05, 3.63) is 29.0 Å². The third kappa shape index (κ3) is 0.923. The minimum atomic E-state index is 0.747. The number of aryl methyl sites for hydroxylation is 1. The van der Waals surface area contributed by atoms with E-state index in [0.717, 1.165) is 26.0 Å². The smallest absolute Gasteiger partial charge is 0.217 e. The lowest BCUT2D eigenvalue weighted by Gasteiger charge is -1.94. The Hall–Kier alpha value is -1.13. The summed E-state index contributed by atoms with van der Waals surface area (Å²) in [4.78, 5) is 0.894. The lowest BCUT2D eigenvalue weighted by Crippen LogP contribution is -1.85. The average Bonchev–Trinajstić information content (AvgIpc) is 2.67. The largest absolute Gasteiger partial charge is 0.268 e. The van der Waals surface area contributed by atoms with Crippen molar-refractivity contribution in [1.29, 1.82) is 0 Å². The van der Waals surface area contributed by atoms with Crippen LogP contribution in [-0.2, 0) is 0 Å². The van der Waals surface area contributed by atoms with E-state index in [9.17, 15) is 0 Å². The number of thiazole rings is 1. The summed E-state index contributed by atoms with van der Waals surface area (Å²) in [5, 5.41) is 8.83. The van der Waals surface area contributed by atoms with Gasteiger partial charge in [-0.15, -0.1) is 10.2 Å². The molecular weight excluding hydrogens is 218 g/mol. The first kappa shape index (κ1) is 8.20. The number of para-hydroxylation sites is 1. The van der Waals surface area contributed by atoms with E-state index >= 15 is 0 Å². The highest BCUT2D eigenvalue weighted by atomic mass is 35.5. The number of nitrogens with zero attached hydrogens (tertiary/aromatic N) is 3. The first-order valence-corrected chi connectivity index (χ1v) is 5.35. The molecule has 0 radical (unpaired) electrons. The van der Waals surface area contributed by atoms with Gasteiger partial charge in [0.15, 0.2) is 0 Å². The lowest BCUT2D eigenvalue weighted by atomic mass is 10.3. The van der Waals surface area contributed by atoms with Gasteiger partial charge in [-0.2, -0.15) is 0 Å². The second kappa shape index (κ2) is 2.68. The van der Waals surface area contributed by atoms with E-state index in [4.69, 9.17) is 11.6 Å². The summed E-state index contributed by atoms with van der Waals surface area (Å²) < 4.78 is 3.13. The van der Waals surface area contributed by atoms with Gasteiger partial charge < -0.3 is 0 Å². The molecule has 0 aliphatic rings. The zero-order chi connectivity index (χ0) is 9.71. The quantitative estimate of drug-likeness (QED) is 0.587. The fourth-order valence-electron chi connectivity index (χ4n) is 1.56. The molecule has 0 saturated heterocycles. The van der Waals surface area contributed by atoms with Crippen molar-refractivity contribution in [2.24, 2.45) is 0 Å². The molecule has 3 nitrogen and oxygen atoms in total. The molecule has 2 aromatic heterocycles. The molecule has 5 heteroatoms. The normalized spacial score (nSPS) is 11.6. The molecule has 0 aliphatic carbocycles. The molecule has 70 valence electrons. The molecule has 0 N–H and O–H groups in total. The molecule has 0 aliphatic heterocycles. The second-order valence-corrected chi connectivity index (χ2v) is 4.47. The van der Waals surface area contributed by atoms with Gasteiger partial charge in [0, 0.05) is 0 Å². The predicted octanol–water partition coefficient (Wildman–Crippen LogP) is 2.91. The summed E-state index contributed by atoms with van der Waals surface area (Å²) >= 11 is 7.74. The molecule has 1 aromatic carbocycles. The first-order valence-electron chi connectivity index (χ1n) is 4.16. The maximum atomic E-state index is 6.14. The van der Waals surface area contributed by atoms with Crippen LogP contribution in [0.1, 0.15) is 5.82 Å². The molecule has 3 rings (SSSR count). The Bertz CT molecular complexity index is 625. The Labute approximate surface area is 88.9 Å². The Kier molecular flexibility index (Phi) is 1.57. The third-order valence-electron chi connectivity index (χ3n) is 2.17. The number of halogens is 1.